The van der Waals surface area contributed by atoms with E-state index in [-0.39, 0.29) is 12.1 Å². The molecule has 2 heterocycles. The van der Waals surface area contributed by atoms with Gasteiger partial charge in [-0.15, -0.1) is 0 Å². The number of carbonyl (C=O) groups excluding carboxylic acids is 1. The van der Waals surface area contributed by atoms with Gasteiger partial charge in [-0.25, -0.2) is 14.8 Å². The Kier molecular flexibility index (Phi) is 4.91. The number of amides is 2. The molecule has 0 bridgehead atoms. The van der Waals surface area contributed by atoms with E-state index in [9.17, 15) is 9.18 Å². The molecule has 138 valence electrons. The molecule has 2 aromatic heterocycles. The summed E-state index contributed by atoms with van der Waals surface area (Å²) in [5.41, 5.74) is 3.00. The molecule has 27 heavy (non-hydrogen) atoms. The first kappa shape index (κ1) is 17.3. The van der Waals surface area contributed by atoms with Crippen molar-refractivity contribution in [1.82, 2.24) is 20.3 Å². The number of carbonyl (C=O) groups is 1. The topological polar surface area (TPSA) is 79.8 Å². The Bertz CT molecular complexity index is 954. The Hall–Kier alpha value is -3.09. The summed E-state index contributed by atoms with van der Waals surface area (Å²) in [6, 6.07) is 8.53. The lowest BCUT2D eigenvalue weighted by Crippen LogP contribution is -2.39. The Morgan fingerprint density at radius 3 is 2.56 bits per heavy atom. The Morgan fingerprint density at radius 1 is 0.963 bits per heavy atom. The standard InChI is InChI=1S/C20H20FN5O/c21-18-9-7-14(11-23-18)13-6-8-16-17(10-13)25-19(12-22-16)26-20(27)24-15-4-2-1-3-5-15/h6-12,15H,1-5H2,(H2,24,25,26,27). The van der Waals surface area contributed by atoms with E-state index in [2.05, 4.69) is 25.6 Å². The maximum absolute atomic E-state index is 13.0. The van der Waals surface area contributed by atoms with Crippen LogP contribution in [0.1, 0.15) is 32.1 Å². The highest BCUT2D eigenvalue weighted by Crippen LogP contribution is 2.23. The number of urea groups is 1. The van der Waals surface area contributed by atoms with Crippen LogP contribution in [-0.4, -0.2) is 27.0 Å². The minimum absolute atomic E-state index is 0.227. The van der Waals surface area contributed by atoms with Crippen LogP contribution in [0.3, 0.4) is 0 Å². The average molecular weight is 365 g/mol. The zero-order valence-electron chi connectivity index (χ0n) is 14.8. The van der Waals surface area contributed by atoms with E-state index in [1.54, 1.807) is 12.3 Å². The summed E-state index contributed by atoms with van der Waals surface area (Å²) in [5.74, 6) is -0.125. The van der Waals surface area contributed by atoms with Crippen LogP contribution in [0.4, 0.5) is 15.0 Å². The fourth-order valence-electron chi connectivity index (χ4n) is 3.38. The quantitative estimate of drug-likeness (QED) is 0.679. The first-order chi connectivity index (χ1) is 13.2. The van der Waals surface area contributed by atoms with Crippen molar-refractivity contribution in [3.8, 4) is 11.1 Å². The van der Waals surface area contributed by atoms with Crippen molar-refractivity contribution in [2.45, 2.75) is 38.1 Å². The molecule has 1 aliphatic carbocycles. The summed E-state index contributed by atoms with van der Waals surface area (Å²) in [4.78, 5) is 24.7. The van der Waals surface area contributed by atoms with Crippen LogP contribution in [0, 0.1) is 5.95 Å². The molecule has 1 aromatic carbocycles. The number of halogens is 1. The molecule has 2 amide bonds. The molecule has 1 aliphatic rings. The van der Waals surface area contributed by atoms with E-state index >= 15 is 0 Å². The lowest BCUT2D eigenvalue weighted by molar-refractivity contribution is 0.244. The highest BCUT2D eigenvalue weighted by Gasteiger charge is 2.16. The number of aromatic nitrogens is 3. The molecule has 0 saturated heterocycles. The van der Waals surface area contributed by atoms with Crippen LogP contribution >= 0.6 is 0 Å². The smallest absolute Gasteiger partial charge is 0.320 e. The van der Waals surface area contributed by atoms with Crippen LogP contribution in [-0.2, 0) is 0 Å². The van der Waals surface area contributed by atoms with Gasteiger partial charge in [-0.2, -0.15) is 4.39 Å². The van der Waals surface area contributed by atoms with E-state index in [4.69, 9.17) is 0 Å². The number of rotatable bonds is 3. The van der Waals surface area contributed by atoms with Gasteiger partial charge in [0.15, 0.2) is 5.82 Å². The molecular formula is C20H20FN5O. The molecule has 3 aromatic rings. The van der Waals surface area contributed by atoms with Crippen molar-refractivity contribution in [2.75, 3.05) is 5.32 Å². The lowest BCUT2D eigenvalue weighted by Gasteiger charge is -2.22. The van der Waals surface area contributed by atoms with E-state index in [0.717, 1.165) is 36.8 Å². The van der Waals surface area contributed by atoms with Gasteiger partial charge in [0.05, 0.1) is 17.2 Å². The predicted molar refractivity (Wildman–Crippen MR) is 102 cm³/mol. The van der Waals surface area contributed by atoms with E-state index in [0.29, 0.717) is 16.9 Å². The first-order valence-corrected chi connectivity index (χ1v) is 9.14. The molecule has 6 nitrogen and oxygen atoms in total. The molecule has 2 N–H and O–H groups in total. The summed E-state index contributed by atoms with van der Waals surface area (Å²) >= 11 is 0. The van der Waals surface area contributed by atoms with Crippen LogP contribution < -0.4 is 10.6 Å². The second-order valence-corrected chi connectivity index (χ2v) is 6.76. The van der Waals surface area contributed by atoms with Crippen molar-refractivity contribution in [2.24, 2.45) is 0 Å². The van der Waals surface area contributed by atoms with Crippen molar-refractivity contribution in [3.63, 3.8) is 0 Å². The Labute approximate surface area is 156 Å². The number of nitrogens with one attached hydrogen (secondary N) is 2. The molecule has 1 saturated carbocycles. The highest BCUT2D eigenvalue weighted by molar-refractivity contribution is 5.90. The number of pyridine rings is 1. The van der Waals surface area contributed by atoms with Crippen LogP contribution in [0.2, 0.25) is 0 Å². The minimum atomic E-state index is -0.519. The Balaban J connectivity index is 1.51. The molecular weight excluding hydrogens is 345 g/mol. The largest absolute Gasteiger partial charge is 0.335 e. The van der Waals surface area contributed by atoms with Crippen molar-refractivity contribution >= 4 is 22.9 Å². The van der Waals surface area contributed by atoms with Gasteiger partial charge in [0.25, 0.3) is 0 Å². The normalized spacial score (nSPS) is 14.9. The Morgan fingerprint density at radius 2 is 1.78 bits per heavy atom. The second kappa shape index (κ2) is 7.65. The van der Waals surface area contributed by atoms with Gasteiger partial charge in [0.2, 0.25) is 5.95 Å². The van der Waals surface area contributed by atoms with E-state index in [1.165, 1.54) is 18.7 Å². The number of hydrogen-bond acceptors (Lipinski definition) is 4. The summed E-state index contributed by atoms with van der Waals surface area (Å²) in [6.45, 7) is 0. The van der Waals surface area contributed by atoms with E-state index < -0.39 is 5.95 Å². The highest BCUT2D eigenvalue weighted by atomic mass is 19.1. The zero-order chi connectivity index (χ0) is 18.6. The van der Waals surface area contributed by atoms with Gasteiger partial charge in [-0.3, -0.25) is 10.3 Å². The maximum atomic E-state index is 13.0. The fraction of sp³-hybridized carbons (Fsp3) is 0.300. The monoisotopic (exact) mass is 365 g/mol. The molecule has 0 unspecified atom stereocenters. The van der Waals surface area contributed by atoms with Crippen LogP contribution in [0.15, 0.2) is 42.7 Å². The lowest BCUT2D eigenvalue weighted by atomic mass is 9.96. The maximum Gasteiger partial charge on any atom is 0.320 e. The number of fused-ring (bicyclic) bond motifs is 1. The number of benzene rings is 1. The summed E-state index contributed by atoms with van der Waals surface area (Å²) in [5, 5.41) is 5.76. The van der Waals surface area contributed by atoms with Gasteiger partial charge in [0, 0.05) is 17.8 Å². The third-order valence-electron chi connectivity index (χ3n) is 4.78. The van der Waals surface area contributed by atoms with Crippen molar-refractivity contribution in [1.29, 1.82) is 0 Å². The van der Waals surface area contributed by atoms with Gasteiger partial charge < -0.3 is 5.32 Å². The van der Waals surface area contributed by atoms with Gasteiger partial charge in [-0.1, -0.05) is 25.3 Å². The molecule has 7 heteroatoms. The van der Waals surface area contributed by atoms with Crippen LogP contribution in [0.25, 0.3) is 22.2 Å². The molecule has 0 aliphatic heterocycles. The fourth-order valence-corrected chi connectivity index (χ4v) is 3.38. The minimum Gasteiger partial charge on any atom is -0.335 e. The SMILES string of the molecule is O=C(Nc1cnc2ccc(-c3ccc(F)nc3)cc2n1)NC1CCCCC1. The molecule has 0 radical (unpaired) electrons. The molecule has 0 spiro atoms. The van der Waals surface area contributed by atoms with Crippen molar-refractivity contribution in [3.05, 3.63) is 48.7 Å². The number of anilines is 1. The first-order valence-electron chi connectivity index (χ1n) is 9.14. The van der Waals surface area contributed by atoms with Gasteiger partial charge in [-0.05, 0) is 42.7 Å². The number of hydrogen-bond donors (Lipinski definition) is 2. The molecule has 0 atom stereocenters. The van der Waals surface area contributed by atoms with E-state index in [1.807, 2.05) is 18.2 Å². The van der Waals surface area contributed by atoms with Crippen LogP contribution in [0.5, 0.6) is 0 Å². The third kappa shape index (κ3) is 4.19. The number of nitrogens with zero attached hydrogens (tertiary/aromatic N) is 3. The summed E-state index contributed by atoms with van der Waals surface area (Å²) in [7, 11) is 0. The predicted octanol–water partition coefficient (Wildman–Crippen LogP) is 4.29. The zero-order valence-corrected chi connectivity index (χ0v) is 14.8. The molecule has 4 rings (SSSR count). The summed E-state index contributed by atoms with van der Waals surface area (Å²) < 4.78 is 13.0. The van der Waals surface area contributed by atoms with Gasteiger partial charge in [0.1, 0.15) is 0 Å². The molecule has 1 fully saturated rings. The second-order valence-electron chi connectivity index (χ2n) is 6.76. The average Bonchev–Trinajstić information content (AvgIpc) is 2.69. The van der Waals surface area contributed by atoms with Gasteiger partial charge >= 0.3 is 6.03 Å². The third-order valence-corrected chi connectivity index (χ3v) is 4.78. The van der Waals surface area contributed by atoms with Crippen molar-refractivity contribution < 1.29 is 9.18 Å². The summed E-state index contributed by atoms with van der Waals surface area (Å²) in [6.07, 6.45) is 8.61.